The van der Waals surface area contributed by atoms with Gasteiger partial charge in [0.15, 0.2) is 5.82 Å². The number of aliphatic hydroxyl groups excluding tert-OH is 1. The summed E-state index contributed by atoms with van der Waals surface area (Å²) in [6, 6.07) is 9.82. The van der Waals surface area contributed by atoms with Crippen LogP contribution in [0.5, 0.6) is 0 Å². The number of nitrogens with zero attached hydrogens (tertiary/aromatic N) is 3. The third kappa shape index (κ3) is 3.56. The summed E-state index contributed by atoms with van der Waals surface area (Å²) in [7, 11) is 0. The van der Waals surface area contributed by atoms with E-state index >= 15 is 0 Å². The molecule has 3 rings (SSSR count). The molecule has 1 amide bonds. The van der Waals surface area contributed by atoms with Crippen molar-refractivity contribution in [1.82, 2.24) is 14.9 Å². The van der Waals surface area contributed by atoms with E-state index in [0.29, 0.717) is 17.8 Å². The van der Waals surface area contributed by atoms with Crippen LogP contribution in [0.25, 0.3) is 11.4 Å². The maximum atomic E-state index is 12.7. The molecule has 5 heteroatoms. The number of rotatable bonds is 4. The number of carbonyl (C=O) groups excluding carboxylic acids is 1. The van der Waals surface area contributed by atoms with E-state index in [4.69, 9.17) is 0 Å². The molecule has 1 aliphatic rings. The van der Waals surface area contributed by atoms with E-state index in [1.54, 1.807) is 12.4 Å². The van der Waals surface area contributed by atoms with Gasteiger partial charge in [-0.25, -0.2) is 9.97 Å². The van der Waals surface area contributed by atoms with Gasteiger partial charge in [0.05, 0.1) is 5.56 Å². The number of hydrogen-bond acceptors (Lipinski definition) is 4. The van der Waals surface area contributed by atoms with Crippen LogP contribution in [0.4, 0.5) is 0 Å². The highest BCUT2D eigenvalue weighted by molar-refractivity contribution is 5.94. The summed E-state index contributed by atoms with van der Waals surface area (Å²) < 4.78 is 0. The lowest BCUT2D eigenvalue weighted by atomic mass is 9.99. The predicted molar refractivity (Wildman–Crippen MR) is 87.8 cm³/mol. The Hall–Kier alpha value is -2.27. The first-order valence-electron chi connectivity index (χ1n) is 8.09. The molecule has 1 aromatic heterocycles. The van der Waals surface area contributed by atoms with Crippen LogP contribution in [0.2, 0.25) is 0 Å². The molecule has 0 radical (unpaired) electrons. The zero-order chi connectivity index (χ0) is 16.1. The fourth-order valence-corrected chi connectivity index (χ4v) is 3.06. The monoisotopic (exact) mass is 311 g/mol. The molecule has 1 fully saturated rings. The van der Waals surface area contributed by atoms with E-state index in [1.807, 2.05) is 35.2 Å². The fraction of sp³-hybridized carbons (Fsp3) is 0.389. The molecule has 1 saturated heterocycles. The van der Waals surface area contributed by atoms with E-state index in [2.05, 4.69) is 9.97 Å². The van der Waals surface area contributed by atoms with Crippen LogP contribution < -0.4 is 0 Å². The minimum atomic E-state index is -0.0391. The van der Waals surface area contributed by atoms with Crippen molar-refractivity contribution in [3.05, 3.63) is 48.3 Å². The number of likely N-dealkylation sites (tertiary alicyclic amines) is 1. The van der Waals surface area contributed by atoms with Crippen molar-refractivity contribution in [3.8, 4) is 11.4 Å². The SMILES string of the molecule is O=C(c1cnc(-c2ccccc2)nc1)N1CCCCC1CCO. The molecule has 1 aromatic carbocycles. The predicted octanol–water partition coefficient (Wildman–Crippen LogP) is 2.52. The molecule has 120 valence electrons. The summed E-state index contributed by atoms with van der Waals surface area (Å²) in [4.78, 5) is 23.2. The number of carbonyl (C=O) groups is 1. The Balaban J connectivity index is 1.77. The minimum absolute atomic E-state index is 0.0391. The van der Waals surface area contributed by atoms with Gasteiger partial charge in [-0.3, -0.25) is 4.79 Å². The first-order valence-corrected chi connectivity index (χ1v) is 8.09. The Morgan fingerprint density at radius 3 is 2.61 bits per heavy atom. The van der Waals surface area contributed by atoms with Gasteiger partial charge in [0.1, 0.15) is 0 Å². The number of amides is 1. The maximum Gasteiger partial charge on any atom is 0.257 e. The standard InChI is InChI=1S/C18H21N3O2/c22-11-9-16-8-4-5-10-21(16)18(23)15-12-19-17(20-13-15)14-6-2-1-3-7-14/h1-3,6-7,12-13,16,22H,4-5,8-11H2. The van der Waals surface area contributed by atoms with E-state index in [9.17, 15) is 9.90 Å². The van der Waals surface area contributed by atoms with Crippen LogP contribution in [-0.2, 0) is 0 Å². The van der Waals surface area contributed by atoms with Crippen LogP contribution in [-0.4, -0.2) is 45.1 Å². The number of aliphatic hydroxyl groups is 1. The van der Waals surface area contributed by atoms with Crippen molar-refractivity contribution >= 4 is 5.91 Å². The second-order valence-corrected chi connectivity index (χ2v) is 5.82. The van der Waals surface area contributed by atoms with Crippen LogP contribution in [0, 0.1) is 0 Å². The molecule has 0 spiro atoms. The van der Waals surface area contributed by atoms with E-state index in [1.165, 1.54) is 0 Å². The Morgan fingerprint density at radius 2 is 1.91 bits per heavy atom. The molecule has 1 atom stereocenters. The Bertz CT molecular complexity index is 641. The number of benzene rings is 1. The normalized spacial score (nSPS) is 18.0. The second-order valence-electron chi connectivity index (χ2n) is 5.82. The summed E-state index contributed by atoms with van der Waals surface area (Å²) in [6.07, 6.45) is 6.91. The smallest absolute Gasteiger partial charge is 0.257 e. The molecule has 5 nitrogen and oxygen atoms in total. The van der Waals surface area contributed by atoms with Gasteiger partial charge in [0, 0.05) is 37.2 Å². The highest BCUT2D eigenvalue weighted by Crippen LogP contribution is 2.22. The van der Waals surface area contributed by atoms with Crippen molar-refractivity contribution in [2.75, 3.05) is 13.2 Å². The number of hydrogen-bond donors (Lipinski definition) is 1. The van der Waals surface area contributed by atoms with Gasteiger partial charge in [0.25, 0.3) is 5.91 Å². The zero-order valence-electron chi connectivity index (χ0n) is 13.1. The Kier molecular flexibility index (Phi) is 4.98. The molecule has 1 unspecified atom stereocenters. The summed E-state index contributed by atoms with van der Waals surface area (Å²) in [6.45, 7) is 0.849. The first kappa shape index (κ1) is 15.6. The van der Waals surface area contributed by atoms with Gasteiger partial charge >= 0.3 is 0 Å². The molecule has 0 saturated carbocycles. The summed E-state index contributed by atoms with van der Waals surface area (Å²) in [5.74, 6) is 0.579. The molecule has 1 N–H and O–H groups in total. The molecular weight excluding hydrogens is 290 g/mol. The van der Waals surface area contributed by atoms with Crippen molar-refractivity contribution in [2.45, 2.75) is 31.7 Å². The molecular formula is C18H21N3O2. The summed E-state index contributed by atoms with van der Waals surface area (Å²) in [5, 5.41) is 9.19. The lowest BCUT2D eigenvalue weighted by molar-refractivity contribution is 0.0574. The summed E-state index contributed by atoms with van der Waals surface area (Å²) >= 11 is 0. The lowest BCUT2D eigenvalue weighted by Gasteiger charge is -2.35. The number of piperidine rings is 1. The third-order valence-corrected chi connectivity index (χ3v) is 4.28. The Morgan fingerprint density at radius 1 is 1.17 bits per heavy atom. The lowest BCUT2D eigenvalue weighted by Crippen LogP contribution is -2.44. The molecule has 0 aliphatic carbocycles. The average molecular weight is 311 g/mol. The van der Waals surface area contributed by atoms with Gasteiger partial charge in [-0.2, -0.15) is 0 Å². The van der Waals surface area contributed by atoms with Gasteiger partial charge in [-0.15, -0.1) is 0 Å². The van der Waals surface area contributed by atoms with Crippen molar-refractivity contribution in [2.24, 2.45) is 0 Å². The van der Waals surface area contributed by atoms with Crippen LogP contribution in [0.15, 0.2) is 42.7 Å². The van der Waals surface area contributed by atoms with E-state index in [-0.39, 0.29) is 18.6 Å². The van der Waals surface area contributed by atoms with Crippen molar-refractivity contribution in [3.63, 3.8) is 0 Å². The molecule has 2 heterocycles. The molecule has 2 aromatic rings. The van der Waals surface area contributed by atoms with E-state index < -0.39 is 0 Å². The van der Waals surface area contributed by atoms with Crippen LogP contribution in [0.1, 0.15) is 36.0 Å². The average Bonchev–Trinajstić information content (AvgIpc) is 2.63. The fourth-order valence-electron chi connectivity index (χ4n) is 3.06. The van der Waals surface area contributed by atoms with Crippen molar-refractivity contribution < 1.29 is 9.90 Å². The third-order valence-electron chi connectivity index (χ3n) is 4.28. The quantitative estimate of drug-likeness (QED) is 0.942. The van der Waals surface area contributed by atoms with Crippen LogP contribution in [0.3, 0.4) is 0 Å². The highest BCUT2D eigenvalue weighted by Gasteiger charge is 2.27. The maximum absolute atomic E-state index is 12.7. The molecule has 1 aliphatic heterocycles. The van der Waals surface area contributed by atoms with Gasteiger partial charge in [-0.05, 0) is 25.7 Å². The topological polar surface area (TPSA) is 66.3 Å². The van der Waals surface area contributed by atoms with Crippen molar-refractivity contribution in [1.29, 1.82) is 0 Å². The minimum Gasteiger partial charge on any atom is -0.396 e. The summed E-state index contributed by atoms with van der Waals surface area (Å²) in [5.41, 5.74) is 1.44. The number of aromatic nitrogens is 2. The molecule has 0 bridgehead atoms. The van der Waals surface area contributed by atoms with Crippen LogP contribution >= 0.6 is 0 Å². The molecule has 23 heavy (non-hydrogen) atoms. The second kappa shape index (κ2) is 7.33. The van der Waals surface area contributed by atoms with Gasteiger partial charge in [0.2, 0.25) is 0 Å². The van der Waals surface area contributed by atoms with Gasteiger partial charge < -0.3 is 10.0 Å². The largest absolute Gasteiger partial charge is 0.396 e. The Labute approximate surface area is 136 Å². The zero-order valence-corrected chi connectivity index (χ0v) is 13.1. The highest BCUT2D eigenvalue weighted by atomic mass is 16.3. The van der Waals surface area contributed by atoms with Gasteiger partial charge in [-0.1, -0.05) is 30.3 Å². The van der Waals surface area contributed by atoms with E-state index in [0.717, 1.165) is 31.4 Å². The first-order chi connectivity index (χ1) is 11.3.